The maximum atomic E-state index is 12.5. The summed E-state index contributed by atoms with van der Waals surface area (Å²) in [5, 5.41) is 9.06. The van der Waals surface area contributed by atoms with Crippen LogP contribution in [0.25, 0.3) is 0 Å². The molecule has 1 saturated carbocycles. The summed E-state index contributed by atoms with van der Waals surface area (Å²) in [6.07, 6.45) is 11.0. The molecule has 0 unspecified atom stereocenters. The third kappa shape index (κ3) is 6.16. The highest BCUT2D eigenvalue weighted by Crippen LogP contribution is 2.60. The molecule has 4 nitrogen and oxygen atoms in total. The van der Waals surface area contributed by atoms with Crippen molar-refractivity contribution in [3.8, 4) is 0 Å². The van der Waals surface area contributed by atoms with Gasteiger partial charge in [-0.3, -0.25) is 4.79 Å². The number of carboxylic acid groups (broad SMARTS) is 1. The van der Waals surface area contributed by atoms with E-state index < -0.39 is 5.97 Å². The number of carboxylic acids is 1. The second-order valence-electron chi connectivity index (χ2n) is 10.8. The Labute approximate surface area is 199 Å². The van der Waals surface area contributed by atoms with Gasteiger partial charge in [0.1, 0.15) is 0 Å². The molecule has 0 aromatic heterocycles. The molecule has 4 atom stereocenters. The summed E-state index contributed by atoms with van der Waals surface area (Å²) in [6.45, 7) is 9.36. The predicted molar refractivity (Wildman–Crippen MR) is 132 cm³/mol. The highest BCUT2D eigenvalue weighted by atomic mass is 16.5. The van der Waals surface area contributed by atoms with E-state index in [1.807, 2.05) is 37.3 Å². The van der Waals surface area contributed by atoms with E-state index in [4.69, 9.17) is 9.84 Å². The van der Waals surface area contributed by atoms with E-state index in [-0.39, 0.29) is 16.8 Å². The van der Waals surface area contributed by atoms with Gasteiger partial charge < -0.3 is 9.84 Å². The molecular formula is C29H40O4. The largest absolute Gasteiger partial charge is 0.478 e. The molecule has 2 aliphatic carbocycles. The van der Waals surface area contributed by atoms with Gasteiger partial charge in [-0.05, 0) is 75.2 Å². The molecule has 1 aromatic carbocycles. The predicted octanol–water partition coefficient (Wildman–Crippen LogP) is 6.75. The Morgan fingerprint density at radius 3 is 2.58 bits per heavy atom. The number of carbonyl (C=O) groups is 2. The van der Waals surface area contributed by atoms with Crippen LogP contribution in [-0.2, 0) is 20.7 Å². The monoisotopic (exact) mass is 452 g/mol. The number of hydrogen-bond acceptors (Lipinski definition) is 3. The zero-order chi connectivity index (χ0) is 24.1. The minimum atomic E-state index is -0.869. The fourth-order valence-corrected chi connectivity index (χ4v) is 6.55. The highest BCUT2D eigenvalue weighted by Gasteiger charge is 2.53. The van der Waals surface area contributed by atoms with Crippen molar-refractivity contribution in [3.63, 3.8) is 0 Å². The lowest BCUT2D eigenvalue weighted by atomic mass is 9.48. The minimum Gasteiger partial charge on any atom is -0.478 e. The number of allylic oxidation sites excluding steroid dienone is 3. The number of esters is 1. The van der Waals surface area contributed by atoms with Gasteiger partial charge in [0.25, 0.3) is 0 Å². The molecule has 0 amide bonds. The van der Waals surface area contributed by atoms with E-state index in [0.717, 1.165) is 43.2 Å². The fourth-order valence-electron chi connectivity index (χ4n) is 6.55. The van der Waals surface area contributed by atoms with Crippen LogP contribution in [0.1, 0.15) is 78.2 Å². The molecule has 0 spiro atoms. The van der Waals surface area contributed by atoms with Crippen LogP contribution in [0.4, 0.5) is 0 Å². The molecule has 0 heterocycles. The van der Waals surface area contributed by atoms with Gasteiger partial charge >= 0.3 is 11.9 Å². The van der Waals surface area contributed by atoms with Crippen molar-refractivity contribution in [2.24, 2.45) is 22.7 Å². The topological polar surface area (TPSA) is 63.6 Å². The molecule has 1 fully saturated rings. The highest BCUT2D eigenvalue weighted by molar-refractivity contribution is 5.80. The van der Waals surface area contributed by atoms with Gasteiger partial charge in [0.05, 0.1) is 6.61 Å². The maximum Gasteiger partial charge on any atom is 0.328 e. The summed E-state index contributed by atoms with van der Waals surface area (Å²) in [5.41, 5.74) is 3.63. The number of ether oxygens (including phenoxy) is 1. The maximum absolute atomic E-state index is 12.5. The van der Waals surface area contributed by atoms with Gasteiger partial charge in [-0.15, -0.1) is 0 Å². The van der Waals surface area contributed by atoms with Crippen molar-refractivity contribution >= 4 is 11.9 Å². The number of rotatable bonds is 9. The molecule has 33 heavy (non-hydrogen) atoms. The average molecular weight is 453 g/mol. The smallest absolute Gasteiger partial charge is 0.328 e. The first-order valence-electron chi connectivity index (χ1n) is 12.4. The van der Waals surface area contributed by atoms with Gasteiger partial charge in [0, 0.05) is 17.9 Å². The number of carbonyl (C=O) groups excluding carboxylic acids is 1. The standard InChI is InChI=1S/C29H40O4/c1-21(19-26(30)31)11-14-24-22(2)12-15-25-28(3,17-8-18-29(24,25)4)20-33-27(32)16-13-23-9-6-5-7-10-23/h5-7,9-10,12,19,24-25H,8,11,13-18,20H2,1-4H3,(H,30,31)/b21-19+/t24-,25-,28-,29+/m0/s1. The van der Waals surface area contributed by atoms with E-state index in [0.29, 0.717) is 31.3 Å². The van der Waals surface area contributed by atoms with Crippen LogP contribution in [0.5, 0.6) is 0 Å². The summed E-state index contributed by atoms with van der Waals surface area (Å²) in [6, 6.07) is 10.1. The summed E-state index contributed by atoms with van der Waals surface area (Å²) < 4.78 is 5.87. The fraction of sp³-hybridized carbons (Fsp3) is 0.586. The molecule has 180 valence electrons. The lowest BCUT2D eigenvalue weighted by molar-refractivity contribution is -0.154. The first kappa shape index (κ1) is 25.3. The van der Waals surface area contributed by atoms with Crippen molar-refractivity contribution in [2.75, 3.05) is 6.61 Å². The van der Waals surface area contributed by atoms with E-state index in [1.54, 1.807) is 0 Å². The first-order valence-corrected chi connectivity index (χ1v) is 12.4. The number of hydrogen-bond donors (Lipinski definition) is 1. The Kier molecular flexibility index (Phi) is 8.20. The van der Waals surface area contributed by atoms with Crippen molar-refractivity contribution in [1.29, 1.82) is 0 Å². The Hall–Kier alpha value is -2.36. The molecule has 3 rings (SSSR count). The van der Waals surface area contributed by atoms with Crippen molar-refractivity contribution in [3.05, 3.63) is 59.2 Å². The van der Waals surface area contributed by atoms with Gasteiger partial charge in [-0.1, -0.05) is 67.8 Å². The Morgan fingerprint density at radius 2 is 1.88 bits per heavy atom. The van der Waals surface area contributed by atoms with E-state index in [2.05, 4.69) is 26.8 Å². The van der Waals surface area contributed by atoms with Crippen LogP contribution in [0.3, 0.4) is 0 Å². The number of benzene rings is 1. The molecule has 0 aliphatic heterocycles. The Morgan fingerprint density at radius 1 is 1.15 bits per heavy atom. The molecule has 0 saturated heterocycles. The van der Waals surface area contributed by atoms with Crippen LogP contribution in [0.2, 0.25) is 0 Å². The van der Waals surface area contributed by atoms with Crippen molar-refractivity contribution in [1.82, 2.24) is 0 Å². The zero-order valence-electron chi connectivity index (χ0n) is 20.7. The SMILES string of the molecule is CC1=CC[C@H]2[C@](C)(COC(=O)CCc3ccccc3)CCC[C@]2(C)[C@H]1CC/C(C)=C/C(=O)O. The second-order valence-corrected chi connectivity index (χ2v) is 10.8. The molecule has 0 bridgehead atoms. The Balaban J connectivity index is 1.65. The van der Waals surface area contributed by atoms with Crippen LogP contribution in [0, 0.1) is 22.7 Å². The van der Waals surface area contributed by atoms with E-state index in [9.17, 15) is 9.59 Å². The molecule has 0 radical (unpaired) electrons. The summed E-state index contributed by atoms with van der Waals surface area (Å²) in [7, 11) is 0. The first-order chi connectivity index (χ1) is 15.6. The lowest BCUT2D eigenvalue weighted by Crippen LogP contribution is -2.51. The van der Waals surface area contributed by atoms with Gasteiger partial charge in [0.15, 0.2) is 0 Å². The molecule has 1 N–H and O–H groups in total. The molecular weight excluding hydrogens is 412 g/mol. The third-order valence-corrected chi connectivity index (χ3v) is 8.34. The van der Waals surface area contributed by atoms with Gasteiger partial charge in [-0.25, -0.2) is 4.79 Å². The molecule has 4 heteroatoms. The Bertz CT molecular complexity index is 899. The second kappa shape index (κ2) is 10.7. The minimum absolute atomic E-state index is 0.0309. The molecule has 2 aliphatic rings. The van der Waals surface area contributed by atoms with Crippen molar-refractivity contribution < 1.29 is 19.4 Å². The van der Waals surface area contributed by atoms with Crippen LogP contribution >= 0.6 is 0 Å². The molecule has 1 aromatic rings. The summed E-state index contributed by atoms with van der Waals surface area (Å²) in [5.74, 6) is -0.0902. The number of aryl methyl sites for hydroxylation is 1. The third-order valence-electron chi connectivity index (χ3n) is 8.34. The summed E-state index contributed by atoms with van der Waals surface area (Å²) >= 11 is 0. The van der Waals surface area contributed by atoms with Gasteiger partial charge in [-0.2, -0.15) is 0 Å². The van der Waals surface area contributed by atoms with E-state index in [1.165, 1.54) is 18.1 Å². The lowest BCUT2D eigenvalue weighted by Gasteiger charge is -2.57. The summed E-state index contributed by atoms with van der Waals surface area (Å²) in [4.78, 5) is 23.6. The number of aliphatic carboxylic acids is 1. The van der Waals surface area contributed by atoms with Crippen LogP contribution < -0.4 is 0 Å². The van der Waals surface area contributed by atoms with Gasteiger partial charge in [0.2, 0.25) is 0 Å². The number of fused-ring (bicyclic) bond motifs is 1. The van der Waals surface area contributed by atoms with Crippen molar-refractivity contribution in [2.45, 2.75) is 79.1 Å². The quantitative estimate of drug-likeness (QED) is 0.256. The average Bonchev–Trinajstić information content (AvgIpc) is 2.76. The van der Waals surface area contributed by atoms with E-state index >= 15 is 0 Å². The zero-order valence-corrected chi connectivity index (χ0v) is 20.7. The van der Waals surface area contributed by atoms with Crippen LogP contribution in [0.15, 0.2) is 53.6 Å². The van der Waals surface area contributed by atoms with Crippen LogP contribution in [-0.4, -0.2) is 23.7 Å². The normalized spacial score (nSPS) is 29.7.